The third-order valence-corrected chi connectivity index (χ3v) is 4.19. The number of likely N-dealkylation sites (tertiary alicyclic amines) is 1. The molecule has 0 unspecified atom stereocenters. The van der Waals surface area contributed by atoms with Gasteiger partial charge in [-0.05, 0) is 26.0 Å². The molecular formula is C17H25N3O2. The fourth-order valence-electron chi connectivity index (χ4n) is 2.78. The molecule has 5 heteroatoms. The molecule has 0 aromatic heterocycles. The molecule has 1 heterocycles. The zero-order chi connectivity index (χ0) is 16.1. The van der Waals surface area contributed by atoms with Crippen molar-refractivity contribution in [3.8, 4) is 0 Å². The molecule has 1 fully saturated rings. The van der Waals surface area contributed by atoms with Gasteiger partial charge in [0.2, 0.25) is 11.8 Å². The third kappa shape index (κ3) is 4.56. The van der Waals surface area contributed by atoms with Crippen molar-refractivity contribution in [2.45, 2.75) is 32.4 Å². The molecule has 1 N–H and O–H groups in total. The largest absolute Gasteiger partial charge is 0.351 e. The van der Waals surface area contributed by atoms with Crippen LogP contribution in [0, 0.1) is 6.92 Å². The van der Waals surface area contributed by atoms with E-state index in [2.05, 4.69) is 11.4 Å². The van der Waals surface area contributed by atoms with E-state index in [1.54, 1.807) is 4.90 Å². The molecule has 1 aliphatic heterocycles. The summed E-state index contributed by atoms with van der Waals surface area (Å²) in [4.78, 5) is 27.3. The van der Waals surface area contributed by atoms with E-state index >= 15 is 0 Å². The van der Waals surface area contributed by atoms with Crippen LogP contribution in [0.2, 0.25) is 0 Å². The Hall–Kier alpha value is -1.88. The van der Waals surface area contributed by atoms with E-state index in [1.165, 1.54) is 5.56 Å². The van der Waals surface area contributed by atoms with Gasteiger partial charge in [-0.2, -0.15) is 0 Å². The summed E-state index contributed by atoms with van der Waals surface area (Å²) < 4.78 is 0. The van der Waals surface area contributed by atoms with Gasteiger partial charge in [-0.3, -0.25) is 14.5 Å². The van der Waals surface area contributed by atoms with E-state index in [0.717, 1.165) is 12.0 Å². The Labute approximate surface area is 132 Å². The molecule has 0 aliphatic carbocycles. The summed E-state index contributed by atoms with van der Waals surface area (Å²) in [7, 11) is 3.76. The van der Waals surface area contributed by atoms with Gasteiger partial charge in [0, 0.05) is 32.6 Å². The van der Waals surface area contributed by atoms with E-state index < -0.39 is 0 Å². The number of likely N-dealkylation sites (N-methyl/N-ethyl adjacent to an activating group) is 2. The van der Waals surface area contributed by atoms with E-state index in [4.69, 9.17) is 0 Å². The molecule has 0 spiro atoms. The molecule has 1 aromatic rings. The van der Waals surface area contributed by atoms with Gasteiger partial charge >= 0.3 is 0 Å². The highest BCUT2D eigenvalue weighted by molar-refractivity contribution is 5.78. The molecule has 0 saturated carbocycles. The zero-order valence-corrected chi connectivity index (χ0v) is 13.6. The maximum absolute atomic E-state index is 12.1. The highest BCUT2D eigenvalue weighted by Gasteiger charge is 2.26. The summed E-state index contributed by atoms with van der Waals surface area (Å²) in [5.41, 5.74) is 2.30. The van der Waals surface area contributed by atoms with Crippen LogP contribution in [0.3, 0.4) is 0 Å². The Morgan fingerprint density at radius 3 is 2.91 bits per heavy atom. The van der Waals surface area contributed by atoms with Crippen LogP contribution in [-0.4, -0.2) is 54.8 Å². The topological polar surface area (TPSA) is 52.7 Å². The summed E-state index contributed by atoms with van der Waals surface area (Å²) in [6.45, 7) is 3.65. The van der Waals surface area contributed by atoms with Gasteiger partial charge in [-0.1, -0.05) is 29.8 Å². The SMILES string of the molecule is Cc1cccc(CNC(=O)CN(C)[C@@H]2CCC(=O)N(C)C2)c1. The number of rotatable bonds is 5. The van der Waals surface area contributed by atoms with E-state index in [0.29, 0.717) is 26.1 Å². The monoisotopic (exact) mass is 303 g/mol. The third-order valence-electron chi connectivity index (χ3n) is 4.19. The maximum Gasteiger partial charge on any atom is 0.234 e. The molecule has 22 heavy (non-hydrogen) atoms. The lowest BCUT2D eigenvalue weighted by Crippen LogP contribution is -2.49. The fraction of sp³-hybridized carbons (Fsp3) is 0.529. The second-order valence-electron chi connectivity index (χ2n) is 6.15. The summed E-state index contributed by atoms with van der Waals surface area (Å²) in [5.74, 6) is 0.206. The molecule has 2 rings (SSSR count). The lowest BCUT2D eigenvalue weighted by molar-refractivity contribution is -0.133. The predicted octanol–water partition coefficient (Wildman–Crippen LogP) is 1.16. The van der Waals surface area contributed by atoms with Crippen LogP contribution in [-0.2, 0) is 16.1 Å². The van der Waals surface area contributed by atoms with Crippen LogP contribution in [0.4, 0.5) is 0 Å². The first-order valence-electron chi connectivity index (χ1n) is 7.72. The minimum Gasteiger partial charge on any atom is -0.351 e. The normalized spacial score (nSPS) is 18.6. The minimum atomic E-state index is 0.0172. The number of nitrogens with one attached hydrogen (secondary N) is 1. The number of amides is 2. The van der Waals surface area contributed by atoms with Crippen LogP contribution in [0.15, 0.2) is 24.3 Å². The van der Waals surface area contributed by atoms with Crippen molar-refractivity contribution in [2.24, 2.45) is 0 Å². The van der Waals surface area contributed by atoms with Crippen molar-refractivity contribution in [1.29, 1.82) is 0 Å². The molecule has 1 aromatic carbocycles. The highest BCUT2D eigenvalue weighted by Crippen LogP contribution is 2.14. The molecule has 1 atom stereocenters. The number of aryl methyl sites for hydroxylation is 1. The minimum absolute atomic E-state index is 0.0172. The van der Waals surface area contributed by atoms with Gasteiger partial charge in [-0.25, -0.2) is 0 Å². The number of carbonyl (C=O) groups is 2. The Morgan fingerprint density at radius 1 is 1.45 bits per heavy atom. The van der Waals surface area contributed by atoms with Crippen LogP contribution < -0.4 is 5.32 Å². The standard InChI is InChI=1S/C17H25N3O2/c1-13-5-4-6-14(9-13)10-18-16(21)12-19(2)15-7-8-17(22)20(3)11-15/h4-6,9,15H,7-8,10-12H2,1-3H3,(H,18,21)/t15-/m1/s1. The number of benzene rings is 1. The second-order valence-corrected chi connectivity index (χ2v) is 6.15. The van der Waals surface area contributed by atoms with Crippen molar-refractivity contribution >= 4 is 11.8 Å². The van der Waals surface area contributed by atoms with Crippen LogP contribution in [0.5, 0.6) is 0 Å². The van der Waals surface area contributed by atoms with Crippen molar-refractivity contribution in [2.75, 3.05) is 27.2 Å². The van der Waals surface area contributed by atoms with Gasteiger partial charge in [0.15, 0.2) is 0 Å². The number of piperidine rings is 1. The fourth-order valence-corrected chi connectivity index (χ4v) is 2.78. The van der Waals surface area contributed by atoms with Gasteiger partial charge in [-0.15, -0.1) is 0 Å². The maximum atomic E-state index is 12.1. The van der Waals surface area contributed by atoms with Gasteiger partial charge in [0.05, 0.1) is 6.54 Å². The lowest BCUT2D eigenvalue weighted by Gasteiger charge is -2.35. The van der Waals surface area contributed by atoms with Gasteiger partial charge in [0.1, 0.15) is 0 Å². The van der Waals surface area contributed by atoms with Crippen molar-refractivity contribution in [1.82, 2.24) is 15.1 Å². The molecule has 0 bridgehead atoms. The summed E-state index contributed by atoms with van der Waals surface area (Å²) in [5, 5.41) is 2.96. The molecule has 120 valence electrons. The average Bonchev–Trinajstić information content (AvgIpc) is 2.48. The average molecular weight is 303 g/mol. The van der Waals surface area contributed by atoms with Crippen molar-refractivity contribution in [3.05, 3.63) is 35.4 Å². The predicted molar refractivity (Wildman–Crippen MR) is 86.3 cm³/mol. The number of nitrogens with zero attached hydrogens (tertiary/aromatic N) is 2. The van der Waals surface area contributed by atoms with Crippen LogP contribution in [0.25, 0.3) is 0 Å². The molecule has 1 aliphatic rings. The highest BCUT2D eigenvalue weighted by atomic mass is 16.2. The van der Waals surface area contributed by atoms with Crippen molar-refractivity contribution in [3.63, 3.8) is 0 Å². The Kier molecular flexibility index (Phi) is 5.55. The smallest absolute Gasteiger partial charge is 0.234 e. The Morgan fingerprint density at radius 2 is 2.23 bits per heavy atom. The van der Waals surface area contributed by atoms with Crippen LogP contribution in [0.1, 0.15) is 24.0 Å². The Balaban J connectivity index is 1.78. The van der Waals surface area contributed by atoms with E-state index in [9.17, 15) is 9.59 Å². The first-order chi connectivity index (χ1) is 10.5. The number of hydrogen-bond acceptors (Lipinski definition) is 3. The summed E-state index contributed by atoms with van der Waals surface area (Å²) in [6.07, 6.45) is 1.39. The molecule has 5 nitrogen and oxygen atoms in total. The first-order valence-corrected chi connectivity index (χ1v) is 7.72. The van der Waals surface area contributed by atoms with Gasteiger partial charge < -0.3 is 10.2 Å². The zero-order valence-electron chi connectivity index (χ0n) is 13.6. The van der Waals surface area contributed by atoms with E-state index in [-0.39, 0.29) is 17.9 Å². The Bertz CT molecular complexity index is 544. The van der Waals surface area contributed by atoms with Crippen LogP contribution >= 0.6 is 0 Å². The first kappa shape index (κ1) is 16.5. The molecular weight excluding hydrogens is 278 g/mol. The second kappa shape index (κ2) is 7.40. The quantitative estimate of drug-likeness (QED) is 0.888. The lowest BCUT2D eigenvalue weighted by atomic mass is 10.0. The van der Waals surface area contributed by atoms with E-state index in [1.807, 2.05) is 44.1 Å². The molecule has 0 radical (unpaired) electrons. The number of hydrogen-bond donors (Lipinski definition) is 1. The van der Waals surface area contributed by atoms with Gasteiger partial charge in [0.25, 0.3) is 0 Å². The molecule has 1 saturated heterocycles. The summed E-state index contributed by atoms with van der Waals surface area (Å²) in [6, 6.07) is 8.38. The van der Waals surface area contributed by atoms with Crippen molar-refractivity contribution < 1.29 is 9.59 Å². The number of carbonyl (C=O) groups excluding carboxylic acids is 2. The summed E-state index contributed by atoms with van der Waals surface area (Å²) >= 11 is 0. The molecule has 2 amide bonds.